The van der Waals surface area contributed by atoms with Crippen LogP contribution >= 0.6 is 0 Å². The van der Waals surface area contributed by atoms with Gasteiger partial charge in [-0.1, -0.05) is 77.9 Å². The van der Waals surface area contributed by atoms with Crippen LogP contribution in [-0.2, 0) is 4.43 Å². The molecular weight excluding hydrogens is 448 g/mol. The summed E-state index contributed by atoms with van der Waals surface area (Å²) in [5.41, 5.74) is 1.65. The van der Waals surface area contributed by atoms with Crippen LogP contribution < -0.4 is 0 Å². The van der Waals surface area contributed by atoms with Gasteiger partial charge in [0.05, 0.1) is 18.8 Å². The lowest BCUT2D eigenvalue weighted by Crippen LogP contribution is -2.55. The van der Waals surface area contributed by atoms with Crippen LogP contribution in [0, 0.1) is 28.6 Å². The highest BCUT2D eigenvalue weighted by atomic mass is 28.4. The molecule has 4 rings (SSSR count). The lowest BCUT2D eigenvalue weighted by molar-refractivity contribution is -0.0907. The van der Waals surface area contributed by atoms with Gasteiger partial charge in [0.2, 0.25) is 0 Å². The van der Waals surface area contributed by atoms with E-state index in [4.69, 9.17) is 4.43 Å². The molecule has 3 nitrogen and oxygen atoms in total. The minimum Gasteiger partial charge on any atom is -0.413 e. The summed E-state index contributed by atoms with van der Waals surface area (Å²) in [5.74, 6) is 2.07. The van der Waals surface area contributed by atoms with Gasteiger partial charge in [-0.25, -0.2) is 0 Å². The summed E-state index contributed by atoms with van der Waals surface area (Å²) in [6.07, 6.45) is 19.4. The Morgan fingerprint density at radius 2 is 1.54 bits per heavy atom. The maximum atomic E-state index is 10.7. The summed E-state index contributed by atoms with van der Waals surface area (Å²) in [7, 11) is -1.72. The fourth-order valence-electron chi connectivity index (χ4n) is 9.30. The molecule has 3 saturated carbocycles. The van der Waals surface area contributed by atoms with Gasteiger partial charge in [0, 0.05) is 5.41 Å². The number of rotatable bonds is 12. The van der Waals surface area contributed by atoms with Crippen LogP contribution in [0.2, 0.25) is 18.1 Å². The molecule has 0 aromatic carbocycles. The third kappa shape index (κ3) is 5.25. The molecule has 202 valence electrons. The van der Waals surface area contributed by atoms with Crippen LogP contribution in [-0.4, -0.2) is 37.3 Å². The Hall–Kier alpha value is -0.163. The summed E-state index contributed by atoms with van der Waals surface area (Å²) in [5, 5.41) is 21.0. The fraction of sp³-hybridized carbons (Fsp3) is 0.935. The Kier molecular flexibility index (Phi) is 9.32. The minimum atomic E-state index is -1.72. The number of unbranched alkanes of at least 4 members (excludes halogenated alkanes) is 3. The number of fused-ring (bicyclic) bond motifs is 5. The standard InChI is InChI=1S/C31H56O3Si/c1-5-8-19-35(20-9-6-2,21-10-7-3)34-29-14-13-27-26-12-11-24-22-25(33)15-18-31(24,23-32)28(26)16-17-30(27,29)4/h22,25-29,32-33H,5-21,23H2,1-4H3/t25?,26-,27-,28+,29?,30-,31+/m0/s1. The van der Waals surface area contributed by atoms with Gasteiger partial charge >= 0.3 is 0 Å². The Morgan fingerprint density at radius 1 is 0.886 bits per heavy atom. The Bertz CT molecular complexity index is 700. The predicted octanol–water partition coefficient (Wildman–Crippen LogP) is 8.01. The zero-order valence-corrected chi connectivity index (χ0v) is 24.5. The van der Waals surface area contributed by atoms with Gasteiger partial charge < -0.3 is 14.6 Å². The van der Waals surface area contributed by atoms with Gasteiger partial charge in [-0.2, -0.15) is 0 Å². The van der Waals surface area contributed by atoms with Crippen molar-refractivity contribution < 1.29 is 14.6 Å². The van der Waals surface area contributed by atoms with Crippen molar-refractivity contribution in [2.24, 2.45) is 28.6 Å². The largest absolute Gasteiger partial charge is 0.413 e. The highest BCUT2D eigenvalue weighted by Crippen LogP contribution is 2.66. The van der Waals surface area contributed by atoms with Gasteiger partial charge in [-0.3, -0.25) is 0 Å². The van der Waals surface area contributed by atoms with Crippen molar-refractivity contribution >= 4 is 8.32 Å². The van der Waals surface area contributed by atoms with E-state index >= 15 is 0 Å². The SMILES string of the molecule is CCCC[Si](CCCC)(CCCC)OC1CC[C@H]2[C@@H]3CCC4=CC(O)CC[C@]4(CO)[C@@H]3CC[C@]12C. The van der Waals surface area contributed by atoms with Gasteiger partial charge in [-0.05, 0) is 92.7 Å². The summed E-state index contributed by atoms with van der Waals surface area (Å²) in [4.78, 5) is 0. The van der Waals surface area contributed by atoms with Crippen LogP contribution in [0.1, 0.15) is 118 Å². The molecule has 4 aliphatic carbocycles. The van der Waals surface area contributed by atoms with Crippen molar-refractivity contribution in [1.29, 1.82) is 0 Å². The molecule has 0 aliphatic heterocycles. The molecular formula is C31H56O3Si. The molecule has 4 aliphatic rings. The van der Waals surface area contributed by atoms with E-state index in [1.54, 1.807) is 0 Å². The second kappa shape index (κ2) is 11.7. The van der Waals surface area contributed by atoms with Crippen molar-refractivity contribution in [3.63, 3.8) is 0 Å². The first-order chi connectivity index (χ1) is 16.9. The average Bonchev–Trinajstić information content (AvgIpc) is 3.20. The minimum absolute atomic E-state index is 0.0513. The van der Waals surface area contributed by atoms with E-state index in [1.807, 2.05) is 0 Å². The summed E-state index contributed by atoms with van der Waals surface area (Å²) in [6, 6.07) is 4.12. The monoisotopic (exact) mass is 504 g/mol. The van der Waals surface area contributed by atoms with Gasteiger partial charge in [0.15, 0.2) is 8.32 Å². The number of aliphatic hydroxyl groups excluding tert-OH is 2. The number of hydrogen-bond acceptors (Lipinski definition) is 3. The van der Waals surface area contributed by atoms with Crippen molar-refractivity contribution in [3.8, 4) is 0 Å². The molecule has 7 atom stereocenters. The number of hydrogen-bond donors (Lipinski definition) is 2. The zero-order valence-electron chi connectivity index (χ0n) is 23.5. The molecule has 35 heavy (non-hydrogen) atoms. The fourth-order valence-corrected chi connectivity index (χ4v) is 14.4. The molecule has 4 heteroatoms. The summed E-state index contributed by atoms with van der Waals surface area (Å²) >= 11 is 0. The van der Waals surface area contributed by atoms with Crippen LogP contribution in [0.25, 0.3) is 0 Å². The molecule has 0 bridgehead atoms. The quantitative estimate of drug-likeness (QED) is 0.209. The van der Waals surface area contributed by atoms with Gasteiger partial charge in [0.25, 0.3) is 0 Å². The van der Waals surface area contributed by atoms with E-state index in [2.05, 4.69) is 33.8 Å². The Morgan fingerprint density at radius 3 is 2.14 bits per heavy atom. The third-order valence-electron chi connectivity index (χ3n) is 11.4. The first-order valence-corrected chi connectivity index (χ1v) is 18.1. The van der Waals surface area contributed by atoms with Crippen LogP contribution in [0.5, 0.6) is 0 Å². The Balaban J connectivity index is 1.55. The van der Waals surface area contributed by atoms with E-state index in [0.29, 0.717) is 17.4 Å². The van der Waals surface area contributed by atoms with Crippen molar-refractivity contribution in [1.82, 2.24) is 0 Å². The van der Waals surface area contributed by atoms with Crippen molar-refractivity contribution in [3.05, 3.63) is 11.6 Å². The molecule has 0 aromatic heterocycles. The molecule has 2 unspecified atom stereocenters. The summed E-state index contributed by atoms with van der Waals surface area (Å²) < 4.78 is 7.57. The molecule has 0 saturated heterocycles. The molecule has 0 aromatic rings. The highest BCUT2D eigenvalue weighted by molar-refractivity contribution is 6.73. The van der Waals surface area contributed by atoms with E-state index in [-0.39, 0.29) is 18.1 Å². The summed E-state index contributed by atoms with van der Waals surface area (Å²) in [6.45, 7) is 9.92. The highest BCUT2D eigenvalue weighted by Gasteiger charge is 2.61. The normalized spacial score (nSPS) is 39.0. The topological polar surface area (TPSA) is 49.7 Å². The third-order valence-corrected chi connectivity index (χ3v) is 15.9. The molecule has 2 N–H and O–H groups in total. The van der Waals surface area contributed by atoms with Gasteiger partial charge in [0.1, 0.15) is 0 Å². The molecule has 0 radical (unpaired) electrons. The maximum Gasteiger partial charge on any atom is 0.193 e. The molecule has 0 heterocycles. The van der Waals surface area contributed by atoms with E-state index in [1.165, 1.54) is 94.3 Å². The van der Waals surface area contributed by atoms with E-state index < -0.39 is 8.32 Å². The van der Waals surface area contributed by atoms with Crippen molar-refractivity contribution in [2.75, 3.05) is 6.61 Å². The van der Waals surface area contributed by atoms with E-state index in [9.17, 15) is 10.2 Å². The first-order valence-electron chi connectivity index (χ1n) is 15.6. The second-order valence-corrected chi connectivity index (χ2v) is 17.4. The smallest absolute Gasteiger partial charge is 0.193 e. The molecule has 3 fully saturated rings. The second-order valence-electron chi connectivity index (χ2n) is 13.2. The average molecular weight is 505 g/mol. The lowest BCUT2D eigenvalue weighted by atomic mass is 9.47. The molecule has 0 amide bonds. The predicted molar refractivity (Wildman–Crippen MR) is 149 cm³/mol. The van der Waals surface area contributed by atoms with Crippen LogP contribution in [0.4, 0.5) is 0 Å². The number of aliphatic hydroxyl groups is 2. The lowest BCUT2D eigenvalue weighted by Gasteiger charge is -2.59. The zero-order chi connectivity index (χ0) is 25.1. The van der Waals surface area contributed by atoms with Gasteiger partial charge in [-0.15, -0.1) is 0 Å². The van der Waals surface area contributed by atoms with Crippen LogP contribution in [0.15, 0.2) is 11.6 Å². The maximum absolute atomic E-state index is 10.7. The molecule has 0 spiro atoms. The Labute approximate surface area is 217 Å². The van der Waals surface area contributed by atoms with Crippen LogP contribution in [0.3, 0.4) is 0 Å². The van der Waals surface area contributed by atoms with Crippen molar-refractivity contribution in [2.45, 2.75) is 148 Å². The van der Waals surface area contributed by atoms with E-state index in [0.717, 1.165) is 31.1 Å². The first kappa shape index (κ1) is 27.9.